The fourth-order valence-corrected chi connectivity index (χ4v) is 4.80. The first-order valence-corrected chi connectivity index (χ1v) is 14.1. The normalized spacial score (nSPS) is 21.3. The van der Waals surface area contributed by atoms with Crippen LogP contribution in [-0.4, -0.2) is 58.7 Å². The van der Waals surface area contributed by atoms with E-state index >= 15 is 0 Å². The monoisotopic (exact) mass is 605 g/mol. The van der Waals surface area contributed by atoms with Crippen LogP contribution in [0.15, 0.2) is 72.8 Å². The van der Waals surface area contributed by atoms with Gasteiger partial charge in [0.1, 0.15) is 30.8 Å². The smallest absolute Gasteiger partial charge is 0.416 e. The van der Waals surface area contributed by atoms with Crippen molar-refractivity contribution in [3.8, 4) is 11.5 Å². The van der Waals surface area contributed by atoms with Gasteiger partial charge in [-0.15, -0.1) is 0 Å². The number of para-hydroxylation sites is 1. The van der Waals surface area contributed by atoms with E-state index in [1.807, 2.05) is 31.2 Å². The molecule has 4 N–H and O–H groups in total. The van der Waals surface area contributed by atoms with Crippen molar-refractivity contribution in [2.75, 3.05) is 13.2 Å². The average Bonchev–Trinajstić information content (AvgIpc) is 3.23. The molecule has 3 rings (SSSR count). The maximum absolute atomic E-state index is 12.9. The van der Waals surface area contributed by atoms with Gasteiger partial charge < -0.3 is 30.1 Å². The zero-order valence-corrected chi connectivity index (χ0v) is 23.9. The zero-order valence-electron chi connectivity index (χ0n) is 23.9. The Morgan fingerprint density at radius 2 is 1.86 bits per heavy atom. The van der Waals surface area contributed by atoms with Crippen molar-refractivity contribution in [2.45, 2.75) is 63.5 Å². The van der Waals surface area contributed by atoms with Gasteiger partial charge in [0.15, 0.2) is 0 Å². The molecule has 0 saturated heterocycles. The Morgan fingerprint density at radius 3 is 2.60 bits per heavy atom. The second-order valence-corrected chi connectivity index (χ2v) is 10.5. The SMILES string of the molecule is Cc1ccccc1OC(=O)CNC(=O)CCC/C=C\C[C@@H]1[C@@H](/C=C/[C@@H](O)COc2cccc(C(F)(F)F)c2)[C@H](O)C[C@@H]1O. The third kappa shape index (κ3) is 11.2. The van der Waals surface area contributed by atoms with E-state index in [4.69, 9.17) is 9.47 Å². The topological polar surface area (TPSA) is 125 Å². The molecule has 0 aliphatic heterocycles. The molecule has 1 saturated carbocycles. The fourth-order valence-electron chi connectivity index (χ4n) is 4.80. The highest BCUT2D eigenvalue weighted by atomic mass is 19.4. The lowest BCUT2D eigenvalue weighted by atomic mass is 9.89. The quantitative estimate of drug-likeness (QED) is 0.108. The number of carbonyl (C=O) groups is 2. The van der Waals surface area contributed by atoms with E-state index in [1.54, 1.807) is 18.2 Å². The molecule has 0 spiro atoms. The van der Waals surface area contributed by atoms with Gasteiger partial charge >= 0.3 is 12.1 Å². The Bertz CT molecular complexity index is 1260. The second kappa shape index (κ2) is 16.3. The molecule has 1 amide bonds. The Labute approximate surface area is 248 Å². The molecule has 8 nitrogen and oxygen atoms in total. The molecular weight excluding hydrogens is 567 g/mol. The van der Waals surface area contributed by atoms with E-state index in [-0.39, 0.29) is 43.6 Å². The van der Waals surface area contributed by atoms with Crippen LogP contribution < -0.4 is 14.8 Å². The Balaban J connectivity index is 1.37. The van der Waals surface area contributed by atoms with Crippen LogP contribution in [0.2, 0.25) is 0 Å². The van der Waals surface area contributed by atoms with E-state index in [9.17, 15) is 38.1 Å². The summed E-state index contributed by atoms with van der Waals surface area (Å²) in [4.78, 5) is 24.0. The molecule has 0 bridgehead atoms. The van der Waals surface area contributed by atoms with Gasteiger partial charge in [0.05, 0.1) is 17.8 Å². The van der Waals surface area contributed by atoms with Crippen LogP contribution in [0, 0.1) is 18.8 Å². The van der Waals surface area contributed by atoms with Crippen molar-refractivity contribution in [1.29, 1.82) is 0 Å². The largest absolute Gasteiger partial charge is 0.491 e. The Hall–Kier alpha value is -3.67. The van der Waals surface area contributed by atoms with E-state index in [0.717, 1.165) is 17.7 Å². The molecule has 0 unspecified atom stereocenters. The fraction of sp³-hybridized carbons (Fsp3) is 0.438. The van der Waals surface area contributed by atoms with Crippen LogP contribution >= 0.6 is 0 Å². The molecule has 1 fully saturated rings. The Kier molecular flexibility index (Phi) is 12.8. The molecule has 2 aromatic carbocycles. The van der Waals surface area contributed by atoms with Crippen LogP contribution in [0.3, 0.4) is 0 Å². The molecule has 5 atom stereocenters. The summed E-state index contributed by atoms with van der Waals surface area (Å²) < 4.78 is 49.1. The molecule has 234 valence electrons. The summed E-state index contributed by atoms with van der Waals surface area (Å²) in [5.41, 5.74) is -0.0379. The maximum atomic E-state index is 12.9. The summed E-state index contributed by atoms with van der Waals surface area (Å²) >= 11 is 0. The second-order valence-electron chi connectivity index (χ2n) is 10.5. The van der Waals surface area contributed by atoms with E-state index in [1.165, 1.54) is 18.2 Å². The predicted molar refractivity (Wildman–Crippen MR) is 153 cm³/mol. The predicted octanol–water partition coefficient (Wildman–Crippen LogP) is 4.51. The van der Waals surface area contributed by atoms with Crippen LogP contribution in [0.5, 0.6) is 11.5 Å². The van der Waals surface area contributed by atoms with Gasteiger partial charge in [0.25, 0.3) is 0 Å². The summed E-state index contributed by atoms with van der Waals surface area (Å²) in [6.07, 6.45) is 1.56. The number of nitrogens with one attached hydrogen (secondary N) is 1. The highest BCUT2D eigenvalue weighted by Gasteiger charge is 2.39. The van der Waals surface area contributed by atoms with Gasteiger partial charge in [-0.1, -0.05) is 48.6 Å². The minimum absolute atomic E-state index is 0.0280. The van der Waals surface area contributed by atoms with Gasteiger partial charge in [0.2, 0.25) is 5.91 Å². The highest BCUT2D eigenvalue weighted by Crippen LogP contribution is 2.36. The summed E-state index contributed by atoms with van der Waals surface area (Å²) in [5.74, 6) is -1.15. The molecule has 1 aliphatic carbocycles. The summed E-state index contributed by atoms with van der Waals surface area (Å²) in [6.45, 7) is 1.30. The number of unbranched alkanes of at least 4 members (excludes halogenated alkanes) is 1. The maximum Gasteiger partial charge on any atom is 0.416 e. The number of hydrogen-bond donors (Lipinski definition) is 4. The third-order valence-corrected chi connectivity index (χ3v) is 7.15. The highest BCUT2D eigenvalue weighted by molar-refractivity contribution is 5.82. The van der Waals surface area contributed by atoms with Crippen molar-refractivity contribution in [2.24, 2.45) is 11.8 Å². The number of esters is 1. The van der Waals surface area contributed by atoms with E-state index < -0.39 is 41.9 Å². The van der Waals surface area contributed by atoms with Gasteiger partial charge in [-0.3, -0.25) is 4.79 Å². The van der Waals surface area contributed by atoms with Crippen LogP contribution in [0.1, 0.15) is 43.2 Å². The standard InChI is InChI=1S/C32H38F3NO7/c1-21-9-6-7-13-29(21)43-31(41)19-36-30(40)14-5-3-2-4-12-25-26(28(39)18-27(25)38)16-15-23(37)20-42-24-11-8-10-22(17-24)32(33,34)35/h2,4,6-11,13,15-17,23,25-28,37-39H,3,5,12,14,18-20H2,1H3,(H,36,40)/b4-2-,16-15+/t23-,25-,26-,27+,28-/m1/s1. The molecule has 0 aromatic heterocycles. The first-order valence-electron chi connectivity index (χ1n) is 14.1. The Morgan fingerprint density at radius 1 is 1.09 bits per heavy atom. The molecule has 11 heteroatoms. The molecular formula is C32H38F3NO7. The van der Waals surface area contributed by atoms with Crippen LogP contribution in [-0.2, 0) is 15.8 Å². The minimum atomic E-state index is -4.50. The number of benzene rings is 2. The van der Waals surface area contributed by atoms with Gasteiger partial charge in [-0.2, -0.15) is 13.2 Å². The number of hydrogen-bond acceptors (Lipinski definition) is 7. The van der Waals surface area contributed by atoms with Crippen LogP contribution in [0.25, 0.3) is 0 Å². The van der Waals surface area contributed by atoms with Crippen molar-refractivity contribution in [3.63, 3.8) is 0 Å². The summed E-state index contributed by atoms with van der Waals surface area (Å²) in [7, 11) is 0. The van der Waals surface area contributed by atoms with E-state index in [2.05, 4.69) is 5.32 Å². The van der Waals surface area contributed by atoms with Crippen molar-refractivity contribution >= 4 is 11.9 Å². The number of aliphatic hydroxyl groups is 3. The number of ether oxygens (including phenoxy) is 2. The number of alkyl halides is 3. The molecule has 0 radical (unpaired) electrons. The molecule has 43 heavy (non-hydrogen) atoms. The average molecular weight is 606 g/mol. The number of rotatable bonds is 14. The van der Waals surface area contributed by atoms with Gasteiger partial charge in [-0.05, 0) is 61.9 Å². The van der Waals surface area contributed by atoms with Crippen molar-refractivity contribution < 1.29 is 47.6 Å². The third-order valence-electron chi connectivity index (χ3n) is 7.15. The van der Waals surface area contributed by atoms with Crippen molar-refractivity contribution in [3.05, 3.63) is 84.0 Å². The number of aryl methyl sites for hydroxylation is 1. The molecule has 0 heterocycles. The lowest BCUT2D eigenvalue weighted by molar-refractivity contribution is -0.137. The molecule has 2 aromatic rings. The number of carbonyl (C=O) groups excluding carboxylic acids is 2. The minimum Gasteiger partial charge on any atom is -0.491 e. The summed E-state index contributed by atoms with van der Waals surface area (Å²) in [5, 5.41) is 33.6. The lowest BCUT2D eigenvalue weighted by Gasteiger charge is -2.19. The number of aliphatic hydroxyl groups excluding tert-OH is 3. The first kappa shape index (κ1) is 33.8. The number of amides is 1. The lowest BCUT2D eigenvalue weighted by Crippen LogP contribution is -2.31. The zero-order chi connectivity index (χ0) is 31.4. The molecule has 1 aliphatic rings. The number of allylic oxidation sites excluding steroid dienone is 2. The first-order chi connectivity index (χ1) is 20.4. The summed E-state index contributed by atoms with van der Waals surface area (Å²) in [6, 6.07) is 11.4. The van der Waals surface area contributed by atoms with Crippen LogP contribution in [0.4, 0.5) is 13.2 Å². The van der Waals surface area contributed by atoms with Gasteiger partial charge in [-0.25, -0.2) is 4.79 Å². The van der Waals surface area contributed by atoms with Gasteiger partial charge in [0, 0.05) is 18.8 Å². The number of halogens is 3. The van der Waals surface area contributed by atoms with Crippen molar-refractivity contribution in [1.82, 2.24) is 5.32 Å². The van der Waals surface area contributed by atoms with E-state index in [0.29, 0.717) is 25.0 Å².